The zero-order valence-corrected chi connectivity index (χ0v) is 16.0. The molecule has 7 heteroatoms. The molecular formula is C19H24FNO4S. The largest absolute Gasteiger partial charge is 0.490 e. The molecule has 2 aromatic carbocycles. The highest BCUT2D eigenvalue weighted by atomic mass is 32.2. The minimum absolute atomic E-state index is 0.0424. The van der Waals surface area contributed by atoms with Crippen molar-refractivity contribution in [2.75, 3.05) is 19.8 Å². The van der Waals surface area contributed by atoms with E-state index in [9.17, 15) is 12.8 Å². The van der Waals surface area contributed by atoms with E-state index >= 15 is 0 Å². The molecule has 0 heterocycles. The maximum absolute atomic E-state index is 13.4. The van der Waals surface area contributed by atoms with E-state index in [1.807, 2.05) is 32.0 Å². The minimum Gasteiger partial charge on any atom is -0.490 e. The van der Waals surface area contributed by atoms with E-state index in [-0.39, 0.29) is 11.4 Å². The Kier molecular flexibility index (Phi) is 6.99. The van der Waals surface area contributed by atoms with Crippen LogP contribution in [0.1, 0.15) is 25.0 Å². The second-order valence-corrected chi connectivity index (χ2v) is 7.44. The average Bonchev–Trinajstić information content (AvgIpc) is 2.59. The number of nitrogens with one attached hydrogen (secondary N) is 1. The molecule has 142 valence electrons. The molecule has 0 unspecified atom stereocenters. The van der Waals surface area contributed by atoms with Gasteiger partial charge in [0.15, 0.2) is 11.5 Å². The number of benzene rings is 2. The first kappa shape index (κ1) is 20.2. The van der Waals surface area contributed by atoms with E-state index in [1.54, 1.807) is 6.92 Å². The summed E-state index contributed by atoms with van der Waals surface area (Å²) >= 11 is 0. The number of aryl methyl sites for hydroxylation is 1. The number of hydrogen-bond acceptors (Lipinski definition) is 4. The third kappa shape index (κ3) is 5.19. The predicted octanol–water partition coefficient (Wildman–Crippen LogP) is 3.45. The number of hydrogen-bond donors (Lipinski definition) is 1. The normalized spacial score (nSPS) is 11.4. The van der Waals surface area contributed by atoms with Gasteiger partial charge in [-0.1, -0.05) is 12.1 Å². The molecule has 0 saturated carbocycles. The fourth-order valence-corrected chi connectivity index (χ4v) is 3.81. The van der Waals surface area contributed by atoms with Gasteiger partial charge in [0.25, 0.3) is 0 Å². The van der Waals surface area contributed by atoms with Gasteiger partial charge in [-0.2, -0.15) is 0 Å². The van der Waals surface area contributed by atoms with Crippen molar-refractivity contribution in [2.24, 2.45) is 0 Å². The second-order valence-electron chi connectivity index (χ2n) is 5.70. The lowest BCUT2D eigenvalue weighted by molar-refractivity contribution is 0.287. The Bertz CT molecular complexity index is 853. The monoisotopic (exact) mass is 381 g/mol. The number of rotatable bonds is 9. The van der Waals surface area contributed by atoms with Gasteiger partial charge in [-0.05, 0) is 62.6 Å². The molecule has 0 bridgehead atoms. The number of halogens is 1. The summed E-state index contributed by atoms with van der Waals surface area (Å²) < 4.78 is 51.7. The average molecular weight is 381 g/mol. The highest BCUT2D eigenvalue weighted by molar-refractivity contribution is 7.89. The second kappa shape index (κ2) is 9.00. The summed E-state index contributed by atoms with van der Waals surface area (Å²) in [7, 11) is -3.77. The summed E-state index contributed by atoms with van der Waals surface area (Å²) in [5.41, 5.74) is 1.41. The van der Waals surface area contributed by atoms with Crippen LogP contribution in [0.15, 0.2) is 41.3 Å². The van der Waals surface area contributed by atoms with Crippen molar-refractivity contribution in [3.05, 3.63) is 53.3 Å². The lowest BCUT2D eigenvalue weighted by Crippen LogP contribution is -2.26. The molecule has 0 saturated heterocycles. The van der Waals surface area contributed by atoms with Gasteiger partial charge in [-0.3, -0.25) is 0 Å². The van der Waals surface area contributed by atoms with E-state index in [0.29, 0.717) is 36.7 Å². The van der Waals surface area contributed by atoms with Crippen LogP contribution in [-0.2, 0) is 16.4 Å². The molecule has 0 spiro atoms. The summed E-state index contributed by atoms with van der Waals surface area (Å²) in [6.07, 6.45) is 0.472. The smallest absolute Gasteiger partial charge is 0.240 e. The molecule has 0 amide bonds. The fourth-order valence-electron chi connectivity index (χ4n) is 2.52. The van der Waals surface area contributed by atoms with Crippen molar-refractivity contribution in [2.45, 2.75) is 32.1 Å². The van der Waals surface area contributed by atoms with E-state index in [0.717, 1.165) is 11.6 Å². The molecule has 5 nitrogen and oxygen atoms in total. The SMILES string of the molecule is CCOc1ccc(CCNS(=O)(=O)c2cc(F)ccc2C)cc1OCC. The zero-order valence-electron chi connectivity index (χ0n) is 15.2. The lowest BCUT2D eigenvalue weighted by Gasteiger charge is -2.13. The van der Waals surface area contributed by atoms with Gasteiger partial charge in [0, 0.05) is 6.54 Å². The first-order valence-electron chi connectivity index (χ1n) is 8.51. The minimum atomic E-state index is -3.77. The lowest BCUT2D eigenvalue weighted by atomic mass is 10.1. The highest BCUT2D eigenvalue weighted by Crippen LogP contribution is 2.28. The van der Waals surface area contributed by atoms with Gasteiger partial charge >= 0.3 is 0 Å². The van der Waals surface area contributed by atoms with Gasteiger partial charge < -0.3 is 9.47 Å². The molecule has 2 aromatic rings. The summed E-state index contributed by atoms with van der Waals surface area (Å²) in [6.45, 7) is 6.65. The third-order valence-electron chi connectivity index (χ3n) is 3.75. The quantitative estimate of drug-likeness (QED) is 0.723. The maximum atomic E-state index is 13.4. The van der Waals surface area contributed by atoms with Gasteiger partial charge in [-0.25, -0.2) is 17.5 Å². The maximum Gasteiger partial charge on any atom is 0.240 e. The van der Waals surface area contributed by atoms with Gasteiger partial charge in [-0.15, -0.1) is 0 Å². The third-order valence-corrected chi connectivity index (χ3v) is 5.36. The van der Waals surface area contributed by atoms with Gasteiger partial charge in [0.2, 0.25) is 10.0 Å². The summed E-state index contributed by atoms with van der Waals surface area (Å²) in [6, 6.07) is 9.25. The Labute approximate surface area is 154 Å². The summed E-state index contributed by atoms with van der Waals surface area (Å²) in [5, 5.41) is 0. The van der Waals surface area contributed by atoms with Crippen LogP contribution in [0.2, 0.25) is 0 Å². The van der Waals surface area contributed by atoms with Crippen LogP contribution in [0.4, 0.5) is 4.39 Å². The molecule has 0 atom stereocenters. The molecule has 0 aliphatic rings. The molecule has 0 fully saturated rings. The Morgan fingerprint density at radius 1 is 1.00 bits per heavy atom. The molecule has 0 aliphatic carbocycles. The van der Waals surface area contributed by atoms with Crippen molar-refractivity contribution >= 4 is 10.0 Å². The van der Waals surface area contributed by atoms with Crippen LogP contribution in [0.5, 0.6) is 11.5 Å². The molecule has 2 rings (SSSR count). The van der Waals surface area contributed by atoms with Crippen molar-refractivity contribution in [1.29, 1.82) is 0 Å². The van der Waals surface area contributed by atoms with Crippen molar-refractivity contribution in [1.82, 2.24) is 4.72 Å². The van der Waals surface area contributed by atoms with Crippen LogP contribution < -0.4 is 14.2 Å². The first-order valence-corrected chi connectivity index (χ1v) is 10.00. The van der Waals surface area contributed by atoms with Crippen molar-refractivity contribution in [3.8, 4) is 11.5 Å². The molecule has 0 radical (unpaired) electrons. The topological polar surface area (TPSA) is 64.6 Å². The van der Waals surface area contributed by atoms with Gasteiger partial charge in [0.1, 0.15) is 5.82 Å². The molecule has 26 heavy (non-hydrogen) atoms. The summed E-state index contributed by atoms with van der Waals surface area (Å²) in [4.78, 5) is -0.0424. The predicted molar refractivity (Wildman–Crippen MR) is 98.8 cm³/mol. The van der Waals surface area contributed by atoms with Crippen LogP contribution in [0, 0.1) is 12.7 Å². The van der Waals surface area contributed by atoms with Gasteiger partial charge in [0.05, 0.1) is 18.1 Å². The Balaban J connectivity index is 2.07. The Morgan fingerprint density at radius 3 is 2.38 bits per heavy atom. The van der Waals surface area contributed by atoms with Crippen LogP contribution in [0.3, 0.4) is 0 Å². The molecule has 0 aromatic heterocycles. The summed E-state index contributed by atoms with van der Waals surface area (Å²) in [5.74, 6) is 0.716. The van der Waals surface area contributed by atoms with Crippen LogP contribution >= 0.6 is 0 Å². The molecule has 1 N–H and O–H groups in total. The van der Waals surface area contributed by atoms with Crippen LogP contribution in [-0.4, -0.2) is 28.2 Å². The van der Waals surface area contributed by atoms with E-state index < -0.39 is 15.8 Å². The first-order chi connectivity index (χ1) is 12.4. The van der Waals surface area contributed by atoms with Crippen molar-refractivity contribution in [3.63, 3.8) is 0 Å². The van der Waals surface area contributed by atoms with E-state index in [1.165, 1.54) is 12.1 Å². The Hall–Kier alpha value is -2.12. The van der Waals surface area contributed by atoms with E-state index in [2.05, 4.69) is 4.72 Å². The molecular weight excluding hydrogens is 357 g/mol. The highest BCUT2D eigenvalue weighted by Gasteiger charge is 2.17. The number of sulfonamides is 1. The Morgan fingerprint density at radius 2 is 1.69 bits per heavy atom. The zero-order chi connectivity index (χ0) is 19.2. The van der Waals surface area contributed by atoms with E-state index in [4.69, 9.17) is 9.47 Å². The fraction of sp³-hybridized carbons (Fsp3) is 0.368. The molecule has 0 aliphatic heterocycles. The van der Waals surface area contributed by atoms with Crippen molar-refractivity contribution < 1.29 is 22.3 Å². The van der Waals surface area contributed by atoms with Crippen LogP contribution in [0.25, 0.3) is 0 Å². The standard InChI is InChI=1S/C19H24FNO4S/c1-4-24-17-9-7-15(12-18(17)25-5-2)10-11-21-26(22,23)19-13-16(20)8-6-14(19)3/h6-9,12-13,21H,4-5,10-11H2,1-3H3. The number of ether oxygens (including phenoxy) is 2.